The molecule has 1 radical (unpaired) electrons. The van der Waals surface area contributed by atoms with E-state index in [1.807, 2.05) is 54.6 Å². The molecule has 0 bridgehead atoms. The van der Waals surface area contributed by atoms with Crippen molar-refractivity contribution in [1.29, 1.82) is 0 Å². The topological polar surface area (TPSA) is 69.2 Å². The summed E-state index contributed by atoms with van der Waals surface area (Å²) >= 11 is 0. The zero-order valence-corrected chi connectivity index (χ0v) is 34.8. The molecule has 4 heteroatoms. The summed E-state index contributed by atoms with van der Waals surface area (Å²) in [6, 6.07) is 22.2. The molecule has 0 atom stereocenters. The van der Waals surface area contributed by atoms with Crippen LogP contribution >= 0.6 is 0 Å². The van der Waals surface area contributed by atoms with Gasteiger partial charge in [0.15, 0.2) is 0 Å². The molecule has 0 aliphatic carbocycles. The Hall–Kier alpha value is -1.59. The van der Waals surface area contributed by atoms with E-state index in [1.54, 1.807) is 18.2 Å². The number of aryl methyl sites for hydroxylation is 3. The van der Waals surface area contributed by atoms with Crippen LogP contribution in [0, 0.1) is 40.8 Å². The predicted molar refractivity (Wildman–Crippen MR) is 203 cm³/mol. The fourth-order valence-electron chi connectivity index (χ4n) is 5.95. The van der Waals surface area contributed by atoms with E-state index in [2.05, 4.69) is 20.8 Å². The fraction of sp³-hybridized carbons (Fsp3) is 0.600. The number of hydrogen-bond acceptors (Lipinski definition) is 3. The molecule has 0 amide bonds. The number of unbranched alkanes of at least 4 members (excludes halogenated alkanes) is 18. The minimum absolute atomic E-state index is 0. The van der Waals surface area contributed by atoms with E-state index in [0.717, 1.165) is 55.2 Å². The Morgan fingerprint density at radius 1 is 0.306 bits per heavy atom. The third-order valence-electron chi connectivity index (χ3n) is 9.07. The Morgan fingerprint density at radius 2 is 0.510 bits per heavy atom. The van der Waals surface area contributed by atoms with Gasteiger partial charge >= 0.3 is 40.8 Å². The molecule has 271 valence electrons. The summed E-state index contributed by atoms with van der Waals surface area (Å²) in [5, 5.41) is 34.3. The molecule has 0 aliphatic rings. The molecule has 0 aliphatic heterocycles. The van der Waals surface area contributed by atoms with Gasteiger partial charge in [-0.15, -0.1) is 17.2 Å². The Bertz CT molecular complexity index is 990. The van der Waals surface area contributed by atoms with Crippen LogP contribution in [0.15, 0.2) is 72.8 Å². The van der Waals surface area contributed by atoms with Crippen molar-refractivity contribution in [2.45, 2.75) is 175 Å². The first-order chi connectivity index (χ1) is 23.5. The Labute approximate surface area is 335 Å². The van der Waals surface area contributed by atoms with Crippen molar-refractivity contribution in [2.75, 3.05) is 0 Å². The third-order valence-corrected chi connectivity index (χ3v) is 9.07. The second-order valence-electron chi connectivity index (χ2n) is 13.4. The Balaban J connectivity index is 0.000000698. The molecule has 3 rings (SSSR count). The van der Waals surface area contributed by atoms with Gasteiger partial charge < -0.3 is 15.3 Å². The van der Waals surface area contributed by atoms with Crippen LogP contribution < -0.4 is 15.3 Å². The number of para-hydroxylation sites is 3. The van der Waals surface area contributed by atoms with E-state index in [1.165, 1.54) is 116 Å². The van der Waals surface area contributed by atoms with Gasteiger partial charge in [0.2, 0.25) is 0 Å². The number of hydrogen-bond donors (Lipinski definition) is 0. The van der Waals surface area contributed by atoms with Gasteiger partial charge in [-0.05, 0) is 38.5 Å². The van der Waals surface area contributed by atoms with Crippen molar-refractivity contribution in [1.82, 2.24) is 0 Å². The van der Waals surface area contributed by atoms with Crippen molar-refractivity contribution < 1.29 is 56.2 Å². The normalized spacial score (nSPS) is 10.3. The summed E-state index contributed by atoms with van der Waals surface area (Å²) in [7, 11) is 0. The van der Waals surface area contributed by atoms with E-state index in [0.29, 0.717) is 0 Å². The second kappa shape index (κ2) is 34.8. The van der Waals surface area contributed by atoms with Gasteiger partial charge in [-0.1, -0.05) is 226 Å². The number of benzene rings is 3. The molecule has 49 heavy (non-hydrogen) atoms. The summed E-state index contributed by atoms with van der Waals surface area (Å²) in [4.78, 5) is 0. The first-order valence-electron chi connectivity index (χ1n) is 19.8. The summed E-state index contributed by atoms with van der Waals surface area (Å²) in [6.07, 6.45) is 30.3. The zero-order chi connectivity index (χ0) is 34.9. The Morgan fingerprint density at radius 3 is 0.735 bits per heavy atom. The van der Waals surface area contributed by atoms with Crippen LogP contribution in [-0.4, -0.2) is 0 Å². The van der Waals surface area contributed by atoms with E-state index in [-0.39, 0.29) is 58.1 Å². The molecule has 0 spiro atoms. The van der Waals surface area contributed by atoms with Gasteiger partial charge in [-0.3, -0.25) is 0 Å². The number of rotatable bonds is 24. The first kappa shape index (κ1) is 47.4. The van der Waals surface area contributed by atoms with Gasteiger partial charge in [-0.25, -0.2) is 0 Å². The molecule has 0 N–H and O–H groups in total. The minimum Gasteiger partial charge on any atom is -0.872 e. The molecule has 3 nitrogen and oxygen atoms in total. The second-order valence-corrected chi connectivity index (χ2v) is 13.4. The van der Waals surface area contributed by atoms with Gasteiger partial charge in [-0.2, -0.15) is 0 Å². The van der Waals surface area contributed by atoms with Gasteiger partial charge in [0.05, 0.1) is 0 Å². The summed E-state index contributed by atoms with van der Waals surface area (Å²) in [6.45, 7) is 6.72. The molecular formula is C45H69NdO3. The van der Waals surface area contributed by atoms with Crippen LogP contribution in [0.2, 0.25) is 0 Å². The van der Waals surface area contributed by atoms with Crippen molar-refractivity contribution in [3.8, 4) is 17.2 Å². The van der Waals surface area contributed by atoms with E-state index in [4.69, 9.17) is 0 Å². The van der Waals surface area contributed by atoms with E-state index in [9.17, 15) is 15.3 Å². The molecule has 0 fully saturated rings. The van der Waals surface area contributed by atoms with Crippen molar-refractivity contribution in [3.05, 3.63) is 89.5 Å². The van der Waals surface area contributed by atoms with Gasteiger partial charge in [0, 0.05) is 0 Å². The summed E-state index contributed by atoms with van der Waals surface area (Å²) in [5.74, 6) is 0.607. The maximum atomic E-state index is 11.4. The van der Waals surface area contributed by atoms with Gasteiger partial charge in [0.25, 0.3) is 0 Å². The molecule has 3 aromatic rings. The quantitative estimate of drug-likeness (QED) is 0.0847. The SMILES string of the molecule is CCCCCCCCCc1ccccc1[O-].CCCCCCCCCc1ccccc1[O-].CCCCCCCCCc1ccccc1[O-].[Nd+3]. The monoisotopic (exact) mass is 799 g/mol. The molecule has 0 unspecified atom stereocenters. The fourth-order valence-corrected chi connectivity index (χ4v) is 5.95. The molecule has 0 aromatic heterocycles. The largest absolute Gasteiger partial charge is 3.00 e. The predicted octanol–water partition coefficient (Wildman–Crippen LogP) is 12.2. The van der Waals surface area contributed by atoms with E-state index >= 15 is 0 Å². The van der Waals surface area contributed by atoms with Crippen molar-refractivity contribution in [3.63, 3.8) is 0 Å². The average Bonchev–Trinajstić information content (AvgIpc) is 3.10. The molecular weight excluding hydrogens is 733 g/mol. The van der Waals surface area contributed by atoms with Crippen LogP contribution in [0.5, 0.6) is 17.2 Å². The van der Waals surface area contributed by atoms with Crippen LogP contribution in [0.1, 0.15) is 172 Å². The molecule has 0 saturated carbocycles. The smallest absolute Gasteiger partial charge is 0.872 e. The maximum absolute atomic E-state index is 11.4. The molecule has 0 saturated heterocycles. The van der Waals surface area contributed by atoms with Crippen LogP contribution in [0.4, 0.5) is 0 Å². The standard InChI is InChI=1S/3C15H24O.Nd/c3*1-2-3-4-5-6-7-8-11-14-12-9-10-13-15(14)16;/h3*9-10,12-13,16H,2-8,11H2,1H3;/q;;;+3/p-3. The average molecular weight is 802 g/mol. The Kier molecular flexibility index (Phi) is 33.7. The van der Waals surface area contributed by atoms with Gasteiger partial charge in [0.1, 0.15) is 0 Å². The summed E-state index contributed by atoms with van der Waals surface area (Å²) in [5.41, 5.74) is 2.95. The molecule has 0 heterocycles. The van der Waals surface area contributed by atoms with Crippen molar-refractivity contribution >= 4 is 0 Å². The minimum atomic E-state index is 0. The molecule has 3 aromatic carbocycles. The van der Waals surface area contributed by atoms with Crippen molar-refractivity contribution in [2.24, 2.45) is 0 Å². The zero-order valence-electron chi connectivity index (χ0n) is 31.6. The first-order valence-corrected chi connectivity index (χ1v) is 19.8. The summed E-state index contributed by atoms with van der Waals surface area (Å²) < 4.78 is 0. The van der Waals surface area contributed by atoms with E-state index < -0.39 is 0 Å². The third kappa shape index (κ3) is 26.8. The van der Waals surface area contributed by atoms with Crippen LogP contribution in [0.3, 0.4) is 0 Å². The van der Waals surface area contributed by atoms with Crippen LogP contribution in [0.25, 0.3) is 0 Å². The maximum Gasteiger partial charge on any atom is 3.00 e. The van der Waals surface area contributed by atoms with Crippen LogP contribution in [-0.2, 0) is 19.3 Å².